The average molecular weight is 252 g/mol. The van der Waals surface area contributed by atoms with E-state index in [0.29, 0.717) is 0 Å². The number of hydrogen-bond acceptors (Lipinski definition) is 1. The lowest BCUT2D eigenvalue weighted by Gasteiger charge is -1.98. The van der Waals surface area contributed by atoms with Crippen LogP contribution in [0.2, 0.25) is 0 Å². The molecule has 0 fully saturated rings. The number of rotatable bonds is 1. The Balaban J connectivity index is 2.85. The van der Waals surface area contributed by atoms with Gasteiger partial charge in [0, 0.05) is 21.6 Å². The number of H-pyrrole nitrogens is 1. The highest BCUT2D eigenvalue weighted by Gasteiger charge is 2.09. The second-order valence-electron chi connectivity index (χ2n) is 3.43. The maximum atomic E-state index is 11.3. The molecule has 0 radical (unpaired) electrons. The van der Waals surface area contributed by atoms with Gasteiger partial charge in [0.25, 0.3) is 0 Å². The standard InChI is InChI=1S/C11H10BrNO/c1-6-3-8-9(7(2)14)5-13-11(8)10(12)4-6/h3-5,13H,1-2H3. The van der Waals surface area contributed by atoms with Gasteiger partial charge in [-0.2, -0.15) is 0 Å². The molecular weight excluding hydrogens is 242 g/mol. The van der Waals surface area contributed by atoms with Crippen molar-refractivity contribution in [3.63, 3.8) is 0 Å². The molecule has 0 saturated heterocycles. The fraction of sp³-hybridized carbons (Fsp3) is 0.182. The fourth-order valence-electron chi connectivity index (χ4n) is 1.61. The van der Waals surface area contributed by atoms with E-state index < -0.39 is 0 Å². The molecule has 0 aliphatic rings. The molecule has 0 aliphatic heterocycles. The van der Waals surface area contributed by atoms with Gasteiger partial charge >= 0.3 is 0 Å². The van der Waals surface area contributed by atoms with Gasteiger partial charge in [0.1, 0.15) is 0 Å². The molecule has 2 nitrogen and oxygen atoms in total. The molecule has 0 bridgehead atoms. The summed E-state index contributed by atoms with van der Waals surface area (Å²) in [6.07, 6.45) is 1.76. The Kier molecular flexibility index (Phi) is 2.19. The largest absolute Gasteiger partial charge is 0.360 e. The highest BCUT2D eigenvalue weighted by atomic mass is 79.9. The zero-order valence-corrected chi connectivity index (χ0v) is 9.60. The molecule has 0 saturated carbocycles. The third-order valence-electron chi connectivity index (χ3n) is 2.26. The number of hydrogen-bond donors (Lipinski definition) is 1. The van der Waals surface area contributed by atoms with E-state index in [4.69, 9.17) is 0 Å². The number of carbonyl (C=O) groups is 1. The molecule has 1 aromatic heterocycles. The lowest BCUT2D eigenvalue weighted by molar-refractivity contribution is 0.101. The van der Waals surface area contributed by atoms with Gasteiger partial charge in [0.15, 0.2) is 5.78 Å². The number of benzene rings is 1. The van der Waals surface area contributed by atoms with Gasteiger partial charge in [0.05, 0.1) is 5.52 Å². The van der Waals surface area contributed by atoms with Crippen LogP contribution in [0.15, 0.2) is 22.8 Å². The van der Waals surface area contributed by atoms with Crippen LogP contribution in [0, 0.1) is 6.92 Å². The van der Waals surface area contributed by atoms with E-state index in [9.17, 15) is 4.79 Å². The van der Waals surface area contributed by atoms with Crippen molar-refractivity contribution in [3.8, 4) is 0 Å². The van der Waals surface area contributed by atoms with E-state index in [1.54, 1.807) is 13.1 Å². The Labute approximate surface area is 90.4 Å². The summed E-state index contributed by atoms with van der Waals surface area (Å²) in [6.45, 7) is 3.60. The number of ketones is 1. The third kappa shape index (κ3) is 1.38. The summed E-state index contributed by atoms with van der Waals surface area (Å²) < 4.78 is 1.00. The van der Waals surface area contributed by atoms with E-state index in [-0.39, 0.29) is 5.78 Å². The van der Waals surface area contributed by atoms with Gasteiger partial charge in [-0.15, -0.1) is 0 Å². The van der Waals surface area contributed by atoms with Crippen LogP contribution in [0.5, 0.6) is 0 Å². The van der Waals surface area contributed by atoms with Crippen LogP contribution < -0.4 is 0 Å². The lowest BCUT2D eigenvalue weighted by atomic mass is 10.1. The lowest BCUT2D eigenvalue weighted by Crippen LogP contribution is -1.89. The average Bonchev–Trinajstić information content (AvgIpc) is 2.47. The Morgan fingerprint density at radius 3 is 2.79 bits per heavy atom. The number of fused-ring (bicyclic) bond motifs is 1. The van der Waals surface area contributed by atoms with Crippen LogP contribution in [-0.2, 0) is 0 Å². The van der Waals surface area contributed by atoms with Crippen LogP contribution >= 0.6 is 15.9 Å². The number of halogens is 1. The molecule has 14 heavy (non-hydrogen) atoms. The summed E-state index contributed by atoms with van der Waals surface area (Å²) in [5.74, 6) is 0.0914. The number of carbonyl (C=O) groups excluding carboxylic acids is 1. The van der Waals surface area contributed by atoms with Crippen molar-refractivity contribution in [2.75, 3.05) is 0 Å². The molecule has 1 heterocycles. The molecular formula is C11H10BrNO. The second-order valence-corrected chi connectivity index (χ2v) is 4.28. The van der Waals surface area contributed by atoms with Crippen molar-refractivity contribution in [1.29, 1.82) is 0 Å². The predicted molar refractivity (Wildman–Crippen MR) is 60.7 cm³/mol. The molecule has 0 unspecified atom stereocenters. The first-order valence-corrected chi connectivity index (χ1v) is 5.17. The molecule has 0 amide bonds. The molecule has 2 aromatic rings. The first kappa shape index (κ1) is 9.46. The topological polar surface area (TPSA) is 32.9 Å². The number of nitrogens with one attached hydrogen (secondary N) is 1. The zero-order valence-electron chi connectivity index (χ0n) is 8.02. The predicted octanol–water partition coefficient (Wildman–Crippen LogP) is 3.44. The third-order valence-corrected chi connectivity index (χ3v) is 2.89. The van der Waals surface area contributed by atoms with Crippen molar-refractivity contribution in [2.24, 2.45) is 0 Å². The highest BCUT2D eigenvalue weighted by molar-refractivity contribution is 9.10. The van der Waals surface area contributed by atoms with Gasteiger partial charge in [-0.25, -0.2) is 0 Å². The smallest absolute Gasteiger partial charge is 0.161 e. The van der Waals surface area contributed by atoms with E-state index in [2.05, 4.69) is 20.9 Å². The minimum atomic E-state index is 0.0914. The maximum Gasteiger partial charge on any atom is 0.161 e. The van der Waals surface area contributed by atoms with Crippen LogP contribution in [-0.4, -0.2) is 10.8 Å². The summed E-state index contributed by atoms with van der Waals surface area (Å²) in [4.78, 5) is 14.4. The van der Waals surface area contributed by atoms with Gasteiger partial charge in [-0.1, -0.05) is 0 Å². The zero-order chi connectivity index (χ0) is 10.3. The van der Waals surface area contributed by atoms with Crippen molar-refractivity contribution in [3.05, 3.63) is 33.9 Å². The molecule has 1 aromatic carbocycles. The monoisotopic (exact) mass is 251 g/mol. The number of aromatic nitrogens is 1. The highest BCUT2D eigenvalue weighted by Crippen LogP contribution is 2.27. The van der Waals surface area contributed by atoms with Crippen LogP contribution in [0.3, 0.4) is 0 Å². The number of aryl methyl sites for hydroxylation is 1. The van der Waals surface area contributed by atoms with Gasteiger partial charge in [0.2, 0.25) is 0 Å². The molecule has 0 spiro atoms. The van der Waals surface area contributed by atoms with Crippen LogP contribution in [0.4, 0.5) is 0 Å². The summed E-state index contributed by atoms with van der Waals surface area (Å²) in [5.41, 5.74) is 2.89. The summed E-state index contributed by atoms with van der Waals surface area (Å²) in [5, 5.41) is 0.990. The second kappa shape index (κ2) is 3.24. The van der Waals surface area contributed by atoms with E-state index in [1.807, 2.05) is 19.1 Å². The number of Topliss-reactive ketones (excluding diaryl/α,β-unsaturated/α-hetero) is 1. The van der Waals surface area contributed by atoms with E-state index in [0.717, 1.165) is 26.5 Å². The summed E-state index contributed by atoms with van der Waals surface area (Å²) in [7, 11) is 0. The first-order valence-electron chi connectivity index (χ1n) is 4.38. The van der Waals surface area contributed by atoms with Gasteiger partial charge in [-0.3, -0.25) is 4.79 Å². The Morgan fingerprint density at radius 1 is 1.43 bits per heavy atom. The van der Waals surface area contributed by atoms with Crippen molar-refractivity contribution >= 4 is 32.6 Å². The molecule has 2 rings (SSSR count). The quantitative estimate of drug-likeness (QED) is 0.775. The van der Waals surface area contributed by atoms with Crippen LogP contribution in [0.1, 0.15) is 22.8 Å². The van der Waals surface area contributed by atoms with Crippen molar-refractivity contribution < 1.29 is 4.79 Å². The van der Waals surface area contributed by atoms with E-state index in [1.165, 1.54) is 0 Å². The maximum absolute atomic E-state index is 11.3. The SMILES string of the molecule is CC(=O)c1c[nH]c2c(Br)cc(C)cc12. The molecule has 0 atom stereocenters. The van der Waals surface area contributed by atoms with E-state index >= 15 is 0 Å². The van der Waals surface area contributed by atoms with Crippen molar-refractivity contribution in [1.82, 2.24) is 4.98 Å². The summed E-state index contributed by atoms with van der Waals surface area (Å²) in [6, 6.07) is 4.05. The minimum absolute atomic E-state index is 0.0914. The number of aromatic amines is 1. The van der Waals surface area contributed by atoms with Gasteiger partial charge < -0.3 is 4.98 Å². The first-order chi connectivity index (χ1) is 6.59. The van der Waals surface area contributed by atoms with Crippen LogP contribution in [0.25, 0.3) is 10.9 Å². The van der Waals surface area contributed by atoms with Gasteiger partial charge in [-0.05, 0) is 47.5 Å². The Bertz CT molecular complexity index is 513. The molecule has 1 N–H and O–H groups in total. The summed E-state index contributed by atoms with van der Waals surface area (Å²) >= 11 is 3.47. The minimum Gasteiger partial charge on any atom is -0.360 e. The Morgan fingerprint density at radius 2 is 2.14 bits per heavy atom. The van der Waals surface area contributed by atoms with Crippen molar-refractivity contribution in [2.45, 2.75) is 13.8 Å². The fourth-order valence-corrected chi connectivity index (χ4v) is 2.30. The Hall–Kier alpha value is -1.09. The molecule has 3 heteroatoms. The molecule has 0 aliphatic carbocycles. The normalized spacial score (nSPS) is 10.8. The molecule has 72 valence electrons.